The molecule has 1 aliphatic rings. The smallest absolute Gasteiger partial charge is 0.310 e. The van der Waals surface area contributed by atoms with Gasteiger partial charge in [0.1, 0.15) is 0 Å². The van der Waals surface area contributed by atoms with Gasteiger partial charge in [-0.15, -0.1) is 0 Å². The van der Waals surface area contributed by atoms with Crippen molar-refractivity contribution in [2.24, 2.45) is 5.41 Å². The van der Waals surface area contributed by atoms with Crippen LogP contribution in [0.15, 0.2) is 0 Å². The van der Waals surface area contributed by atoms with Gasteiger partial charge in [-0.25, -0.2) is 0 Å². The number of thioether (sulfide) groups is 1. The molecule has 1 unspecified atom stereocenters. The van der Waals surface area contributed by atoms with Crippen molar-refractivity contribution < 1.29 is 13.2 Å². The van der Waals surface area contributed by atoms with Crippen LogP contribution in [0.3, 0.4) is 0 Å². The van der Waals surface area contributed by atoms with Crippen LogP contribution in [0.4, 0.5) is 13.2 Å². The monoisotopic (exact) mass is 298 g/mol. The molecule has 1 heterocycles. The molecule has 1 aliphatic heterocycles. The minimum Gasteiger partial charge on any atom is -0.310 e. The summed E-state index contributed by atoms with van der Waals surface area (Å²) >= 11 is 0.0746. The third-order valence-electron chi connectivity index (χ3n) is 3.71. The molecule has 0 aliphatic carbocycles. The van der Waals surface area contributed by atoms with E-state index < -0.39 is 5.51 Å². The van der Waals surface area contributed by atoms with Gasteiger partial charge in [-0.05, 0) is 31.0 Å². The van der Waals surface area contributed by atoms with Crippen molar-refractivity contribution in [1.82, 2.24) is 10.2 Å². The van der Waals surface area contributed by atoms with E-state index in [1.807, 2.05) is 0 Å². The van der Waals surface area contributed by atoms with Gasteiger partial charge in [-0.2, -0.15) is 13.2 Å². The molecule has 0 amide bonds. The van der Waals surface area contributed by atoms with E-state index in [-0.39, 0.29) is 28.5 Å². The summed E-state index contributed by atoms with van der Waals surface area (Å²) in [6.07, 6.45) is 0. The normalized spacial score (nSPS) is 25.6. The summed E-state index contributed by atoms with van der Waals surface area (Å²) in [7, 11) is 0. The van der Waals surface area contributed by atoms with E-state index in [1.165, 1.54) is 0 Å². The van der Waals surface area contributed by atoms with E-state index in [1.54, 1.807) is 0 Å². The van der Waals surface area contributed by atoms with Crippen LogP contribution in [0.1, 0.15) is 34.6 Å². The molecule has 0 radical (unpaired) electrons. The molecule has 0 aromatic heterocycles. The predicted molar refractivity (Wildman–Crippen MR) is 75.4 cm³/mol. The number of rotatable bonds is 3. The van der Waals surface area contributed by atoms with Crippen LogP contribution in [-0.4, -0.2) is 47.4 Å². The minimum atomic E-state index is -4.12. The third-order valence-corrected chi connectivity index (χ3v) is 4.43. The number of piperazine rings is 1. The zero-order valence-corrected chi connectivity index (χ0v) is 13.2. The maximum atomic E-state index is 12.2. The first kappa shape index (κ1) is 17.1. The lowest BCUT2D eigenvalue weighted by Crippen LogP contribution is -2.65. The molecule has 114 valence electrons. The molecule has 0 spiro atoms. The number of alkyl halides is 3. The number of hydrogen-bond donors (Lipinski definition) is 1. The molecule has 19 heavy (non-hydrogen) atoms. The van der Waals surface area contributed by atoms with Crippen LogP contribution in [-0.2, 0) is 0 Å². The highest BCUT2D eigenvalue weighted by Crippen LogP contribution is 2.32. The maximum Gasteiger partial charge on any atom is 0.441 e. The van der Waals surface area contributed by atoms with Crippen molar-refractivity contribution in [3.05, 3.63) is 0 Å². The first-order chi connectivity index (χ1) is 8.42. The number of nitrogens with zero attached hydrogens (tertiary/aromatic N) is 1. The molecular formula is C13H25F3N2S. The summed E-state index contributed by atoms with van der Waals surface area (Å²) in [5.74, 6) is 0.101. The summed E-state index contributed by atoms with van der Waals surface area (Å²) in [6.45, 7) is 12.7. The van der Waals surface area contributed by atoms with E-state index in [0.717, 1.165) is 13.1 Å². The molecule has 2 nitrogen and oxygen atoms in total. The Morgan fingerprint density at radius 1 is 1.26 bits per heavy atom. The summed E-state index contributed by atoms with van der Waals surface area (Å²) in [5, 5.41) is 3.52. The number of nitrogens with one attached hydrogen (secondary N) is 1. The maximum absolute atomic E-state index is 12.2. The summed E-state index contributed by atoms with van der Waals surface area (Å²) < 4.78 is 36.6. The van der Waals surface area contributed by atoms with Crippen LogP contribution >= 0.6 is 11.8 Å². The topological polar surface area (TPSA) is 15.3 Å². The molecule has 1 atom stereocenters. The van der Waals surface area contributed by atoms with Gasteiger partial charge in [-0.1, -0.05) is 20.8 Å². The minimum absolute atomic E-state index is 0.0746. The first-order valence-corrected chi connectivity index (χ1v) is 7.59. The fourth-order valence-corrected chi connectivity index (χ4v) is 2.81. The van der Waals surface area contributed by atoms with Gasteiger partial charge in [0.25, 0.3) is 0 Å². The Bertz CT molecular complexity index is 297. The van der Waals surface area contributed by atoms with Crippen molar-refractivity contribution in [2.75, 3.05) is 25.4 Å². The van der Waals surface area contributed by atoms with Crippen molar-refractivity contribution in [1.29, 1.82) is 0 Å². The molecule has 1 N–H and O–H groups in total. The Hall–Kier alpha value is 0.0600. The second-order valence-corrected chi connectivity index (χ2v) is 8.01. The van der Waals surface area contributed by atoms with Gasteiger partial charge in [0.2, 0.25) is 0 Å². The van der Waals surface area contributed by atoms with Crippen LogP contribution in [0, 0.1) is 5.41 Å². The first-order valence-electron chi connectivity index (χ1n) is 6.61. The molecule has 6 heteroatoms. The van der Waals surface area contributed by atoms with Gasteiger partial charge in [0, 0.05) is 37.0 Å². The molecule has 0 saturated carbocycles. The number of halogens is 3. The van der Waals surface area contributed by atoms with Crippen LogP contribution in [0.5, 0.6) is 0 Å². The standard InChI is InChI=1S/C13H25F3N2S/c1-11(2,3)10-8-18(12(4,5)9-17-10)6-7-19-13(14,15)16/h10,17H,6-9H2,1-5H3. The Morgan fingerprint density at radius 2 is 1.84 bits per heavy atom. The Kier molecular flexibility index (Phi) is 5.24. The van der Waals surface area contributed by atoms with Crippen molar-refractivity contribution in [3.63, 3.8) is 0 Å². The van der Waals surface area contributed by atoms with Crippen molar-refractivity contribution in [3.8, 4) is 0 Å². The SMILES string of the molecule is CC(C)(C)C1CN(CCSC(F)(F)F)C(C)(C)CN1. The lowest BCUT2D eigenvalue weighted by molar-refractivity contribution is -0.0332. The van der Waals surface area contributed by atoms with E-state index in [9.17, 15) is 13.2 Å². The molecule has 0 bridgehead atoms. The highest BCUT2D eigenvalue weighted by Gasteiger charge is 2.38. The second kappa shape index (κ2) is 5.82. The van der Waals surface area contributed by atoms with Crippen LogP contribution < -0.4 is 5.32 Å². The molecular weight excluding hydrogens is 273 g/mol. The second-order valence-electron chi connectivity index (χ2n) is 6.85. The summed E-state index contributed by atoms with van der Waals surface area (Å²) in [6, 6.07) is 0.316. The van der Waals surface area contributed by atoms with Gasteiger partial charge >= 0.3 is 5.51 Å². The molecule has 0 aromatic rings. The quantitative estimate of drug-likeness (QED) is 0.860. The lowest BCUT2D eigenvalue weighted by atomic mass is 9.83. The average molecular weight is 298 g/mol. The zero-order chi connectivity index (χ0) is 14.9. The summed E-state index contributed by atoms with van der Waals surface area (Å²) in [5.41, 5.74) is -4.10. The summed E-state index contributed by atoms with van der Waals surface area (Å²) in [4.78, 5) is 2.18. The Morgan fingerprint density at radius 3 is 2.32 bits per heavy atom. The Labute approximate surface area is 118 Å². The third kappa shape index (κ3) is 5.52. The molecule has 1 fully saturated rings. The van der Waals surface area contributed by atoms with Gasteiger partial charge < -0.3 is 5.32 Å². The van der Waals surface area contributed by atoms with Gasteiger partial charge in [0.05, 0.1) is 0 Å². The predicted octanol–water partition coefficient (Wildman–Crippen LogP) is 3.34. The number of hydrogen-bond acceptors (Lipinski definition) is 3. The molecule has 1 saturated heterocycles. The van der Waals surface area contributed by atoms with Crippen molar-refractivity contribution >= 4 is 11.8 Å². The largest absolute Gasteiger partial charge is 0.441 e. The average Bonchev–Trinajstić information content (AvgIpc) is 2.16. The lowest BCUT2D eigenvalue weighted by Gasteiger charge is -2.49. The van der Waals surface area contributed by atoms with Crippen molar-refractivity contribution in [2.45, 2.75) is 51.7 Å². The van der Waals surface area contributed by atoms with Crippen LogP contribution in [0.25, 0.3) is 0 Å². The van der Waals surface area contributed by atoms with E-state index in [2.05, 4.69) is 44.8 Å². The fraction of sp³-hybridized carbons (Fsp3) is 1.00. The van der Waals surface area contributed by atoms with Crippen LogP contribution in [0.2, 0.25) is 0 Å². The molecule has 1 rings (SSSR count). The highest BCUT2D eigenvalue weighted by molar-refractivity contribution is 8.00. The van der Waals surface area contributed by atoms with Gasteiger partial charge in [-0.3, -0.25) is 4.90 Å². The zero-order valence-electron chi connectivity index (χ0n) is 12.4. The van der Waals surface area contributed by atoms with E-state index in [4.69, 9.17) is 0 Å². The Balaban J connectivity index is 2.57. The molecule has 0 aromatic carbocycles. The highest BCUT2D eigenvalue weighted by atomic mass is 32.2. The fourth-order valence-electron chi connectivity index (χ4n) is 2.26. The van der Waals surface area contributed by atoms with E-state index in [0.29, 0.717) is 12.6 Å². The van der Waals surface area contributed by atoms with Gasteiger partial charge in [0.15, 0.2) is 0 Å². The van der Waals surface area contributed by atoms with E-state index >= 15 is 0 Å².